The van der Waals surface area contributed by atoms with E-state index in [1.807, 2.05) is 31.3 Å². The van der Waals surface area contributed by atoms with E-state index in [0.717, 1.165) is 46.0 Å². The molecule has 1 fully saturated rings. The number of thiazole rings is 1. The van der Waals surface area contributed by atoms with Crippen LogP contribution >= 0.6 is 11.3 Å². The fourth-order valence-corrected chi connectivity index (χ4v) is 6.22. The summed E-state index contributed by atoms with van der Waals surface area (Å²) in [6.45, 7) is 2.14. The molecule has 0 atom stereocenters. The molecule has 1 aromatic heterocycles. The van der Waals surface area contributed by atoms with Crippen LogP contribution in [0.4, 0.5) is 24.0 Å². The second kappa shape index (κ2) is 12.9. The van der Waals surface area contributed by atoms with Crippen molar-refractivity contribution in [1.82, 2.24) is 4.98 Å². The third-order valence-corrected chi connectivity index (χ3v) is 8.70. The minimum Gasteiger partial charge on any atom is -0.367 e. The van der Waals surface area contributed by atoms with Crippen molar-refractivity contribution in [2.75, 3.05) is 23.4 Å². The molecule has 0 radical (unpaired) electrons. The van der Waals surface area contributed by atoms with E-state index < -0.39 is 11.7 Å². The number of rotatable bonds is 10. The number of aldehydes is 1. The van der Waals surface area contributed by atoms with Crippen molar-refractivity contribution >= 4 is 28.4 Å². The Hall–Kier alpha value is -3.65. The fraction of sp³-hybridized carbons (Fsp3) is 0.333. The number of anilines is 2. The van der Waals surface area contributed by atoms with Gasteiger partial charge < -0.3 is 9.80 Å². The van der Waals surface area contributed by atoms with Gasteiger partial charge in [0, 0.05) is 48.9 Å². The molecule has 1 aliphatic rings. The van der Waals surface area contributed by atoms with Gasteiger partial charge in [-0.3, -0.25) is 4.79 Å². The maximum Gasteiger partial charge on any atom is 0.416 e. The van der Waals surface area contributed by atoms with Crippen molar-refractivity contribution in [3.05, 3.63) is 100 Å². The molecular weight excluding hydrogens is 543 g/mol. The number of nitrogens with zero attached hydrogens (tertiary/aromatic N) is 3. The molecule has 8 heteroatoms. The van der Waals surface area contributed by atoms with Crippen LogP contribution in [0.3, 0.4) is 0 Å². The molecule has 3 aromatic carbocycles. The SMILES string of the molecule is CN(Cc1ccc(C=O)cc1)c1nc(-c2ccc(N(Cc3ccc(C(F)(F)F)cc3)CC3CCCCC3)cc2)cs1. The third kappa shape index (κ3) is 7.55. The van der Waals surface area contributed by atoms with Crippen LogP contribution in [0.5, 0.6) is 0 Å². The van der Waals surface area contributed by atoms with Crippen molar-refractivity contribution < 1.29 is 18.0 Å². The second-order valence-corrected chi connectivity index (χ2v) is 11.7. The van der Waals surface area contributed by atoms with Gasteiger partial charge in [0.15, 0.2) is 5.13 Å². The van der Waals surface area contributed by atoms with Crippen molar-refractivity contribution in [2.45, 2.75) is 51.4 Å². The third-order valence-electron chi connectivity index (χ3n) is 7.74. The van der Waals surface area contributed by atoms with Crippen LogP contribution in [0.15, 0.2) is 78.2 Å². The second-order valence-electron chi connectivity index (χ2n) is 10.9. The molecule has 0 saturated heterocycles. The smallest absolute Gasteiger partial charge is 0.367 e. The van der Waals surface area contributed by atoms with Crippen LogP contribution < -0.4 is 9.80 Å². The van der Waals surface area contributed by atoms with E-state index in [0.29, 0.717) is 24.6 Å². The highest BCUT2D eigenvalue weighted by atomic mass is 32.1. The molecule has 4 nitrogen and oxygen atoms in total. The predicted molar refractivity (Wildman–Crippen MR) is 161 cm³/mol. The lowest BCUT2D eigenvalue weighted by Gasteiger charge is -2.31. The summed E-state index contributed by atoms with van der Waals surface area (Å²) in [5.74, 6) is 0.587. The molecule has 214 valence electrons. The molecule has 1 heterocycles. The maximum atomic E-state index is 13.1. The normalized spacial score (nSPS) is 14.1. The van der Waals surface area contributed by atoms with Crippen LogP contribution in [0, 0.1) is 5.92 Å². The Labute approximate surface area is 243 Å². The van der Waals surface area contributed by atoms with Crippen LogP contribution in [-0.4, -0.2) is 24.9 Å². The molecule has 0 spiro atoms. The Bertz CT molecular complexity index is 1410. The van der Waals surface area contributed by atoms with Gasteiger partial charge in [0.25, 0.3) is 0 Å². The van der Waals surface area contributed by atoms with E-state index in [1.54, 1.807) is 23.5 Å². The summed E-state index contributed by atoms with van der Waals surface area (Å²) in [6.07, 6.45) is 2.65. The summed E-state index contributed by atoms with van der Waals surface area (Å²) in [5.41, 5.74) is 5.00. The maximum absolute atomic E-state index is 13.1. The number of benzene rings is 3. The van der Waals surface area contributed by atoms with Gasteiger partial charge >= 0.3 is 6.18 Å². The summed E-state index contributed by atoms with van der Waals surface area (Å²) in [6, 6.07) is 21.4. The first-order valence-corrected chi connectivity index (χ1v) is 14.9. The number of alkyl halides is 3. The highest BCUT2D eigenvalue weighted by Crippen LogP contribution is 2.33. The van der Waals surface area contributed by atoms with Crippen LogP contribution in [0.1, 0.15) is 59.2 Å². The number of carbonyl (C=O) groups excluding carboxylic acids is 1. The molecule has 0 N–H and O–H groups in total. The zero-order valence-corrected chi connectivity index (χ0v) is 23.9. The van der Waals surface area contributed by atoms with Gasteiger partial charge in [-0.25, -0.2) is 4.98 Å². The summed E-state index contributed by atoms with van der Waals surface area (Å²) < 4.78 is 39.2. The summed E-state index contributed by atoms with van der Waals surface area (Å²) >= 11 is 1.59. The lowest BCUT2D eigenvalue weighted by molar-refractivity contribution is -0.137. The average molecular weight is 578 g/mol. The molecule has 1 saturated carbocycles. The zero-order chi connectivity index (χ0) is 28.8. The number of hydrogen-bond donors (Lipinski definition) is 0. The van der Waals surface area contributed by atoms with Gasteiger partial charge in [-0.15, -0.1) is 11.3 Å². The molecular formula is C33H34F3N3OS. The standard InChI is InChI=1S/C33H34F3N3OS/c1-38(19-25-7-9-27(22-40)10-8-25)32-37-31(23-41-32)28-13-17-30(18-14-28)39(20-24-5-3-2-4-6-24)21-26-11-15-29(16-12-26)33(34,35)36/h7-18,22-24H,2-6,19-21H2,1H3. The van der Waals surface area contributed by atoms with Crippen molar-refractivity contribution in [2.24, 2.45) is 5.92 Å². The summed E-state index contributed by atoms with van der Waals surface area (Å²) in [4.78, 5) is 20.2. The molecule has 41 heavy (non-hydrogen) atoms. The monoisotopic (exact) mass is 577 g/mol. The molecule has 0 amide bonds. The highest BCUT2D eigenvalue weighted by molar-refractivity contribution is 7.14. The predicted octanol–water partition coefficient (Wildman–Crippen LogP) is 8.86. The first kappa shape index (κ1) is 28.9. The van der Waals surface area contributed by atoms with E-state index >= 15 is 0 Å². The topological polar surface area (TPSA) is 36.4 Å². The number of hydrogen-bond acceptors (Lipinski definition) is 5. The lowest BCUT2D eigenvalue weighted by Crippen LogP contribution is -2.30. The highest BCUT2D eigenvalue weighted by Gasteiger charge is 2.30. The van der Waals surface area contributed by atoms with Gasteiger partial charge in [0.2, 0.25) is 0 Å². The minimum absolute atomic E-state index is 0.563. The lowest BCUT2D eigenvalue weighted by atomic mass is 9.88. The molecule has 4 aromatic rings. The van der Waals surface area contributed by atoms with E-state index in [4.69, 9.17) is 4.98 Å². The van der Waals surface area contributed by atoms with Crippen LogP contribution in [0.2, 0.25) is 0 Å². The molecule has 0 unspecified atom stereocenters. The van der Waals surface area contributed by atoms with Crippen molar-refractivity contribution in [3.8, 4) is 11.3 Å². The number of halogens is 3. The van der Waals surface area contributed by atoms with E-state index in [1.165, 1.54) is 44.2 Å². The zero-order valence-electron chi connectivity index (χ0n) is 23.1. The van der Waals surface area contributed by atoms with Crippen molar-refractivity contribution in [1.29, 1.82) is 0 Å². The van der Waals surface area contributed by atoms with E-state index in [2.05, 4.69) is 39.4 Å². The molecule has 0 aliphatic heterocycles. The molecule has 0 bridgehead atoms. The van der Waals surface area contributed by atoms with Crippen LogP contribution in [-0.2, 0) is 19.3 Å². The first-order valence-electron chi connectivity index (χ1n) is 14.0. The van der Waals surface area contributed by atoms with Gasteiger partial charge in [0.05, 0.1) is 11.3 Å². The Morgan fingerprint density at radius 2 is 1.51 bits per heavy atom. The Morgan fingerprint density at radius 1 is 0.878 bits per heavy atom. The van der Waals surface area contributed by atoms with Gasteiger partial charge in [-0.1, -0.05) is 67.8 Å². The number of aromatic nitrogens is 1. The Balaban J connectivity index is 1.29. The van der Waals surface area contributed by atoms with Crippen molar-refractivity contribution in [3.63, 3.8) is 0 Å². The van der Waals surface area contributed by atoms with Gasteiger partial charge in [0.1, 0.15) is 6.29 Å². The average Bonchev–Trinajstić information content (AvgIpc) is 3.49. The Kier molecular flexibility index (Phi) is 9.08. The van der Waals surface area contributed by atoms with Crippen LogP contribution in [0.25, 0.3) is 11.3 Å². The quantitative estimate of drug-likeness (QED) is 0.176. The largest absolute Gasteiger partial charge is 0.416 e. The van der Waals surface area contributed by atoms with Gasteiger partial charge in [-0.05, 0) is 54.2 Å². The minimum atomic E-state index is -4.33. The summed E-state index contributed by atoms with van der Waals surface area (Å²) in [7, 11) is 2.00. The van der Waals surface area contributed by atoms with Gasteiger partial charge in [-0.2, -0.15) is 13.2 Å². The number of carbonyl (C=O) groups is 1. The molecule has 1 aliphatic carbocycles. The molecule has 5 rings (SSSR count). The van der Waals surface area contributed by atoms with E-state index in [-0.39, 0.29) is 0 Å². The first-order chi connectivity index (χ1) is 19.8. The Morgan fingerprint density at radius 3 is 2.15 bits per heavy atom. The van der Waals surface area contributed by atoms with E-state index in [9.17, 15) is 18.0 Å². The fourth-order valence-electron chi connectivity index (χ4n) is 5.42. The summed E-state index contributed by atoms with van der Waals surface area (Å²) in [5, 5.41) is 2.96.